The Morgan fingerprint density at radius 3 is 2.18 bits per heavy atom. The second-order valence-corrected chi connectivity index (χ2v) is 5.42. The molecule has 0 bridgehead atoms. The molecule has 2 rings (SSSR count). The summed E-state index contributed by atoms with van der Waals surface area (Å²) >= 11 is 3.37. The van der Waals surface area contributed by atoms with Gasteiger partial charge in [-0.05, 0) is 25.1 Å². The lowest BCUT2D eigenvalue weighted by Gasteiger charge is -2.11. The van der Waals surface area contributed by atoms with Gasteiger partial charge in [-0.1, -0.05) is 28.1 Å². The van der Waals surface area contributed by atoms with Crippen molar-refractivity contribution in [3.05, 3.63) is 51.6 Å². The van der Waals surface area contributed by atoms with Gasteiger partial charge in [-0.2, -0.15) is 0 Å². The Morgan fingerprint density at radius 1 is 1.05 bits per heavy atom. The normalized spacial score (nSPS) is 10.2. The average Bonchev–Trinajstić information content (AvgIpc) is 2.53. The number of halogens is 1. The van der Waals surface area contributed by atoms with Crippen LogP contribution in [0, 0.1) is 6.92 Å². The summed E-state index contributed by atoms with van der Waals surface area (Å²) in [5.41, 5.74) is 2.08. The van der Waals surface area contributed by atoms with E-state index in [1.807, 2.05) is 24.3 Å². The van der Waals surface area contributed by atoms with Crippen LogP contribution < -0.4 is 0 Å². The minimum atomic E-state index is -0.618. The van der Waals surface area contributed by atoms with Crippen LogP contribution in [-0.4, -0.2) is 31.1 Å². The van der Waals surface area contributed by atoms with Crippen LogP contribution in [0.1, 0.15) is 26.4 Å². The van der Waals surface area contributed by atoms with Gasteiger partial charge in [-0.3, -0.25) is 4.98 Å². The quantitative estimate of drug-likeness (QED) is 0.781. The Balaban J connectivity index is 2.64. The minimum Gasteiger partial charge on any atom is -0.465 e. The summed E-state index contributed by atoms with van der Waals surface area (Å²) in [6.07, 6.45) is 0. The van der Waals surface area contributed by atoms with Crippen LogP contribution in [0.2, 0.25) is 0 Å². The Labute approximate surface area is 136 Å². The fourth-order valence-electron chi connectivity index (χ4n) is 2.07. The molecule has 1 aromatic heterocycles. The molecule has 114 valence electrons. The molecule has 0 aliphatic carbocycles. The van der Waals surface area contributed by atoms with Crippen molar-refractivity contribution in [3.63, 3.8) is 0 Å². The zero-order valence-electron chi connectivity index (χ0n) is 12.3. The molecule has 0 spiro atoms. The van der Waals surface area contributed by atoms with E-state index in [0.717, 1.165) is 10.0 Å². The van der Waals surface area contributed by atoms with Gasteiger partial charge in [0.25, 0.3) is 0 Å². The van der Waals surface area contributed by atoms with Gasteiger partial charge < -0.3 is 9.47 Å². The zero-order valence-corrected chi connectivity index (χ0v) is 13.9. The molecule has 0 aliphatic heterocycles. The number of benzene rings is 1. The van der Waals surface area contributed by atoms with Crippen molar-refractivity contribution in [1.29, 1.82) is 0 Å². The van der Waals surface area contributed by atoms with E-state index in [1.165, 1.54) is 20.3 Å². The number of carbonyl (C=O) groups excluding carboxylic acids is 2. The van der Waals surface area contributed by atoms with Gasteiger partial charge in [-0.25, -0.2) is 9.59 Å². The maximum absolute atomic E-state index is 12.0. The highest BCUT2D eigenvalue weighted by molar-refractivity contribution is 9.10. The molecule has 1 aromatic carbocycles. The number of carbonyl (C=O) groups is 2. The van der Waals surface area contributed by atoms with Gasteiger partial charge in [-0.15, -0.1) is 0 Å². The number of aryl methyl sites for hydroxylation is 1. The second-order valence-electron chi connectivity index (χ2n) is 4.51. The topological polar surface area (TPSA) is 65.5 Å². The molecular weight excluding hydrogens is 350 g/mol. The lowest BCUT2D eigenvalue weighted by Crippen LogP contribution is -2.15. The van der Waals surface area contributed by atoms with Crippen LogP contribution >= 0.6 is 15.9 Å². The van der Waals surface area contributed by atoms with E-state index in [-0.39, 0.29) is 11.1 Å². The lowest BCUT2D eigenvalue weighted by molar-refractivity contribution is 0.0554. The molecule has 0 N–H and O–H groups in total. The van der Waals surface area contributed by atoms with Crippen molar-refractivity contribution >= 4 is 27.9 Å². The molecule has 0 atom stereocenters. The first-order chi connectivity index (χ1) is 10.5. The summed E-state index contributed by atoms with van der Waals surface area (Å²) in [7, 11) is 2.52. The van der Waals surface area contributed by atoms with E-state index < -0.39 is 11.9 Å². The van der Waals surface area contributed by atoms with Crippen LogP contribution in [0.25, 0.3) is 11.3 Å². The van der Waals surface area contributed by atoms with Crippen molar-refractivity contribution in [2.45, 2.75) is 6.92 Å². The van der Waals surface area contributed by atoms with Crippen molar-refractivity contribution in [2.75, 3.05) is 14.2 Å². The average molecular weight is 364 g/mol. The number of esters is 2. The summed E-state index contributed by atoms with van der Waals surface area (Å²) in [5.74, 6) is -1.22. The van der Waals surface area contributed by atoms with Gasteiger partial charge in [0, 0.05) is 10.0 Å². The number of ether oxygens (including phenoxy) is 2. The summed E-state index contributed by atoms with van der Waals surface area (Å²) in [6, 6.07) is 9.01. The molecule has 0 aliphatic rings. The van der Waals surface area contributed by atoms with E-state index in [0.29, 0.717) is 11.4 Å². The van der Waals surface area contributed by atoms with E-state index in [1.54, 1.807) is 6.92 Å². The van der Waals surface area contributed by atoms with Crippen LogP contribution in [-0.2, 0) is 9.47 Å². The zero-order chi connectivity index (χ0) is 16.3. The molecule has 22 heavy (non-hydrogen) atoms. The smallest absolute Gasteiger partial charge is 0.340 e. The predicted octanol–water partition coefficient (Wildman–Crippen LogP) is 3.39. The maximum atomic E-state index is 12.0. The lowest BCUT2D eigenvalue weighted by atomic mass is 10.0. The molecule has 0 unspecified atom stereocenters. The molecular formula is C16H14BrNO4. The largest absolute Gasteiger partial charge is 0.465 e. The molecule has 0 saturated carbocycles. The van der Waals surface area contributed by atoms with Gasteiger partial charge in [0.2, 0.25) is 0 Å². The van der Waals surface area contributed by atoms with Crippen LogP contribution in [0.3, 0.4) is 0 Å². The number of aromatic nitrogens is 1. The number of nitrogens with zero attached hydrogens (tertiary/aromatic N) is 1. The molecule has 0 fully saturated rings. The Morgan fingerprint density at radius 2 is 1.64 bits per heavy atom. The van der Waals surface area contributed by atoms with Crippen molar-refractivity contribution in [1.82, 2.24) is 4.98 Å². The number of methoxy groups -OCH3 is 2. The van der Waals surface area contributed by atoms with Crippen LogP contribution in [0.15, 0.2) is 34.8 Å². The van der Waals surface area contributed by atoms with Crippen molar-refractivity contribution in [3.8, 4) is 11.3 Å². The Hall–Kier alpha value is -2.21. The summed E-state index contributed by atoms with van der Waals surface area (Å²) in [6.45, 7) is 1.65. The van der Waals surface area contributed by atoms with E-state index in [4.69, 9.17) is 9.47 Å². The summed E-state index contributed by atoms with van der Waals surface area (Å²) in [5, 5.41) is 0. The molecule has 1 heterocycles. The third-order valence-corrected chi connectivity index (χ3v) is 3.66. The predicted molar refractivity (Wildman–Crippen MR) is 84.8 cm³/mol. The first kappa shape index (κ1) is 16.2. The maximum Gasteiger partial charge on any atom is 0.340 e. The molecule has 6 heteroatoms. The molecule has 2 aromatic rings. The monoisotopic (exact) mass is 363 g/mol. The third-order valence-electron chi connectivity index (χ3n) is 3.14. The van der Waals surface area contributed by atoms with Gasteiger partial charge in [0.05, 0.1) is 36.7 Å². The number of hydrogen-bond donors (Lipinski definition) is 0. The van der Waals surface area contributed by atoms with Crippen molar-refractivity contribution < 1.29 is 19.1 Å². The van der Waals surface area contributed by atoms with Gasteiger partial charge in [0.1, 0.15) is 0 Å². The SMILES string of the molecule is COC(=O)c1cc(-c2ccc(Br)cc2)nc(C)c1C(=O)OC. The van der Waals surface area contributed by atoms with E-state index in [2.05, 4.69) is 20.9 Å². The standard InChI is InChI=1S/C16H14BrNO4/c1-9-14(16(20)22-3)12(15(19)21-2)8-13(18-9)10-4-6-11(17)7-5-10/h4-8H,1-3H3. The molecule has 0 amide bonds. The number of rotatable bonds is 3. The summed E-state index contributed by atoms with van der Waals surface area (Å²) in [4.78, 5) is 28.3. The molecule has 5 nitrogen and oxygen atoms in total. The fourth-order valence-corrected chi connectivity index (χ4v) is 2.34. The van der Waals surface area contributed by atoms with Crippen LogP contribution in [0.4, 0.5) is 0 Å². The first-order valence-electron chi connectivity index (χ1n) is 6.42. The highest BCUT2D eigenvalue weighted by Crippen LogP contribution is 2.25. The first-order valence-corrected chi connectivity index (χ1v) is 7.21. The van der Waals surface area contributed by atoms with E-state index >= 15 is 0 Å². The highest BCUT2D eigenvalue weighted by Gasteiger charge is 2.23. The van der Waals surface area contributed by atoms with E-state index in [9.17, 15) is 9.59 Å². The number of hydrogen-bond acceptors (Lipinski definition) is 5. The van der Waals surface area contributed by atoms with Gasteiger partial charge in [0.15, 0.2) is 0 Å². The highest BCUT2D eigenvalue weighted by atomic mass is 79.9. The van der Waals surface area contributed by atoms with Crippen molar-refractivity contribution in [2.24, 2.45) is 0 Å². The van der Waals surface area contributed by atoms with Crippen LogP contribution in [0.5, 0.6) is 0 Å². The fraction of sp³-hybridized carbons (Fsp3) is 0.188. The second kappa shape index (κ2) is 6.70. The Kier molecular flexibility index (Phi) is 4.92. The van der Waals surface area contributed by atoms with Gasteiger partial charge >= 0.3 is 11.9 Å². The minimum absolute atomic E-state index is 0.121. The third kappa shape index (κ3) is 3.17. The number of pyridine rings is 1. The summed E-state index contributed by atoms with van der Waals surface area (Å²) < 4.78 is 10.4. The Bertz CT molecular complexity index is 726. The molecule has 0 radical (unpaired) electrons. The molecule has 0 saturated heterocycles.